The highest BCUT2D eigenvalue weighted by molar-refractivity contribution is 5.92. The van der Waals surface area contributed by atoms with Gasteiger partial charge in [0.2, 0.25) is 0 Å². The number of carbonyl (C=O) groups is 2. The highest BCUT2D eigenvalue weighted by Crippen LogP contribution is 2.19. The van der Waals surface area contributed by atoms with E-state index in [1.54, 1.807) is 6.07 Å². The van der Waals surface area contributed by atoms with Gasteiger partial charge >= 0.3 is 5.97 Å². The molecule has 0 atom stereocenters. The summed E-state index contributed by atoms with van der Waals surface area (Å²) in [6, 6.07) is 23.0. The van der Waals surface area contributed by atoms with E-state index in [1.807, 2.05) is 54.6 Å². The molecule has 4 nitrogen and oxygen atoms in total. The van der Waals surface area contributed by atoms with E-state index < -0.39 is 24.3 Å². The first-order chi connectivity index (χ1) is 13.1. The van der Waals surface area contributed by atoms with Crippen molar-refractivity contribution in [1.82, 2.24) is 0 Å². The maximum Gasteiger partial charge on any atom is 0.310 e. The predicted molar refractivity (Wildman–Crippen MR) is 102 cm³/mol. The lowest BCUT2D eigenvalue weighted by Crippen LogP contribution is -2.21. The summed E-state index contributed by atoms with van der Waals surface area (Å²) in [5, 5.41) is 2.47. The van der Waals surface area contributed by atoms with Gasteiger partial charge in [-0.05, 0) is 34.9 Å². The first-order valence-electron chi connectivity index (χ1n) is 8.45. The van der Waals surface area contributed by atoms with Crippen molar-refractivity contribution in [3.05, 3.63) is 90.2 Å². The van der Waals surface area contributed by atoms with Crippen LogP contribution in [0.4, 0.5) is 10.1 Å². The molecule has 0 aromatic heterocycles. The molecule has 27 heavy (non-hydrogen) atoms. The topological polar surface area (TPSA) is 55.4 Å². The van der Waals surface area contributed by atoms with Crippen LogP contribution in [-0.2, 0) is 20.7 Å². The monoisotopic (exact) mass is 363 g/mol. The van der Waals surface area contributed by atoms with Crippen LogP contribution in [0.1, 0.15) is 5.56 Å². The zero-order valence-corrected chi connectivity index (χ0v) is 14.5. The molecule has 0 aliphatic rings. The molecular weight excluding hydrogens is 345 g/mol. The van der Waals surface area contributed by atoms with Crippen molar-refractivity contribution in [2.45, 2.75) is 6.42 Å². The summed E-state index contributed by atoms with van der Waals surface area (Å²) >= 11 is 0. The molecular formula is C22H18FNO3. The zero-order chi connectivity index (χ0) is 19.1. The van der Waals surface area contributed by atoms with Gasteiger partial charge in [-0.25, -0.2) is 4.39 Å². The van der Waals surface area contributed by atoms with E-state index in [9.17, 15) is 14.0 Å². The summed E-state index contributed by atoms with van der Waals surface area (Å²) in [6.45, 7) is -0.419. The number of esters is 1. The van der Waals surface area contributed by atoms with Gasteiger partial charge in [-0.2, -0.15) is 0 Å². The number of carbonyl (C=O) groups excluding carboxylic acids is 2. The minimum Gasteiger partial charge on any atom is -0.455 e. The summed E-state index contributed by atoms with van der Waals surface area (Å²) in [6.07, 6.45) is 0.0717. The van der Waals surface area contributed by atoms with E-state index in [0.29, 0.717) is 5.69 Å². The molecule has 0 unspecified atom stereocenters. The van der Waals surface area contributed by atoms with Gasteiger partial charge in [0.1, 0.15) is 5.82 Å². The number of anilines is 1. The predicted octanol–water partition coefficient (Wildman–Crippen LogP) is 4.22. The molecule has 136 valence electrons. The Morgan fingerprint density at radius 2 is 1.56 bits per heavy atom. The van der Waals surface area contributed by atoms with E-state index in [4.69, 9.17) is 4.74 Å². The number of benzene rings is 3. The lowest BCUT2D eigenvalue weighted by atomic mass is 10.0. The first-order valence-corrected chi connectivity index (χ1v) is 8.45. The van der Waals surface area contributed by atoms with Gasteiger partial charge in [-0.1, -0.05) is 60.7 Å². The number of nitrogens with one attached hydrogen (secondary N) is 1. The Bertz CT molecular complexity index is 924. The number of halogens is 1. The molecule has 0 radical (unpaired) electrons. The van der Waals surface area contributed by atoms with E-state index in [0.717, 1.165) is 16.7 Å². The fourth-order valence-corrected chi connectivity index (χ4v) is 2.57. The van der Waals surface area contributed by atoms with E-state index in [2.05, 4.69) is 5.32 Å². The van der Waals surface area contributed by atoms with E-state index in [1.165, 1.54) is 18.2 Å². The Morgan fingerprint density at radius 1 is 0.852 bits per heavy atom. The smallest absolute Gasteiger partial charge is 0.310 e. The van der Waals surface area contributed by atoms with Crippen molar-refractivity contribution in [2.75, 3.05) is 11.9 Å². The number of amides is 1. The Balaban J connectivity index is 1.48. The second kappa shape index (κ2) is 8.76. The molecule has 0 bridgehead atoms. The first kappa shape index (κ1) is 18.3. The summed E-state index contributed by atoms with van der Waals surface area (Å²) in [4.78, 5) is 23.7. The third-order valence-electron chi connectivity index (χ3n) is 3.88. The second-order valence-electron chi connectivity index (χ2n) is 5.96. The molecule has 1 N–H and O–H groups in total. The Kier molecular flexibility index (Phi) is 5.94. The highest BCUT2D eigenvalue weighted by Gasteiger charge is 2.09. The molecule has 0 fully saturated rings. The molecule has 0 aliphatic carbocycles. The summed E-state index contributed by atoms with van der Waals surface area (Å²) < 4.78 is 18.1. The standard InChI is InChI=1S/C22H18FNO3/c23-19-7-4-8-20(14-19)24-21(25)15-27-22(26)13-16-9-11-18(12-10-16)17-5-2-1-3-6-17/h1-12,14H,13,15H2,(H,24,25). The van der Waals surface area contributed by atoms with Gasteiger partial charge in [-0.15, -0.1) is 0 Å². The quantitative estimate of drug-likeness (QED) is 0.667. The average Bonchev–Trinajstić information content (AvgIpc) is 2.68. The van der Waals surface area contributed by atoms with Crippen LogP contribution in [-0.4, -0.2) is 18.5 Å². The van der Waals surface area contributed by atoms with Gasteiger partial charge in [0.25, 0.3) is 5.91 Å². The van der Waals surface area contributed by atoms with Crippen molar-refractivity contribution in [3.63, 3.8) is 0 Å². The van der Waals surface area contributed by atoms with Gasteiger partial charge in [0.05, 0.1) is 6.42 Å². The van der Waals surface area contributed by atoms with Crippen LogP contribution in [0.5, 0.6) is 0 Å². The minimum absolute atomic E-state index is 0.0717. The van der Waals surface area contributed by atoms with Crippen molar-refractivity contribution >= 4 is 17.6 Å². The number of hydrogen-bond donors (Lipinski definition) is 1. The van der Waals surface area contributed by atoms with Gasteiger partial charge in [-0.3, -0.25) is 9.59 Å². The fourth-order valence-electron chi connectivity index (χ4n) is 2.57. The third-order valence-corrected chi connectivity index (χ3v) is 3.88. The summed E-state index contributed by atoms with van der Waals surface area (Å²) in [5.74, 6) is -1.48. The van der Waals surface area contributed by atoms with Crippen LogP contribution in [0.25, 0.3) is 11.1 Å². The average molecular weight is 363 g/mol. The van der Waals surface area contributed by atoms with E-state index >= 15 is 0 Å². The van der Waals surface area contributed by atoms with Crippen LogP contribution in [0.2, 0.25) is 0 Å². The SMILES string of the molecule is O=C(COC(=O)Cc1ccc(-c2ccccc2)cc1)Nc1cccc(F)c1. The Labute approximate surface area is 156 Å². The van der Waals surface area contributed by atoms with Crippen molar-refractivity contribution < 1.29 is 18.7 Å². The largest absolute Gasteiger partial charge is 0.455 e. The lowest BCUT2D eigenvalue weighted by Gasteiger charge is -2.07. The molecule has 3 aromatic carbocycles. The third kappa shape index (κ3) is 5.51. The van der Waals surface area contributed by atoms with Crippen molar-refractivity contribution in [3.8, 4) is 11.1 Å². The fraction of sp³-hybridized carbons (Fsp3) is 0.0909. The van der Waals surface area contributed by atoms with Gasteiger partial charge in [0, 0.05) is 5.69 Å². The van der Waals surface area contributed by atoms with Crippen molar-refractivity contribution in [2.24, 2.45) is 0 Å². The molecule has 3 aromatic rings. The lowest BCUT2D eigenvalue weighted by molar-refractivity contribution is -0.146. The maximum atomic E-state index is 13.1. The molecule has 0 spiro atoms. The van der Waals surface area contributed by atoms with Crippen LogP contribution in [0.15, 0.2) is 78.9 Å². The van der Waals surface area contributed by atoms with Crippen LogP contribution in [0, 0.1) is 5.82 Å². The number of ether oxygens (including phenoxy) is 1. The zero-order valence-electron chi connectivity index (χ0n) is 14.5. The molecule has 0 saturated heterocycles. The van der Waals surface area contributed by atoms with Gasteiger partial charge < -0.3 is 10.1 Å². The maximum absolute atomic E-state index is 13.1. The molecule has 0 saturated carbocycles. The minimum atomic E-state index is -0.520. The molecule has 5 heteroatoms. The molecule has 0 aliphatic heterocycles. The highest BCUT2D eigenvalue weighted by atomic mass is 19.1. The van der Waals surface area contributed by atoms with Crippen molar-refractivity contribution in [1.29, 1.82) is 0 Å². The Morgan fingerprint density at radius 3 is 2.26 bits per heavy atom. The summed E-state index contributed by atoms with van der Waals surface area (Å²) in [5.41, 5.74) is 3.26. The van der Waals surface area contributed by atoms with Crippen LogP contribution in [0.3, 0.4) is 0 Å². The normalized spacial score (nSPS) is 10.3. The number of hydrogen-bond acceptors (Lipinski definition) is 3. The van der Waals surface area contributed by atoms with Gasteiger partial charge in [0.15, 0.2) is 6.61 Å². The summed E-state index contributed by atoms with van der Waals surface area (Å²) in [7, 11) is 0. The molecule has 0 heterocycles. The molecule has 1 amide bonds. The van der Waals surface area contributed by atoms with Crippen LogP contribution >= 0.6 is 0 Å². The van der Waals surface area contributed by atoms with E-state index in [-0.39, 0.29) is 6.42 Å². The number of rotatable bonds is 6. The second-order valence-corrected chi connectivity index (χ2v) is 5.96. The van der Waals surface area contributed by atoms with Crippen LogP contribution < -0.4 is 5.32 Å². The molecule has 3 rings (SSSR count). The Hall–Kier alpha value is -3.47.